The number of furan rings is 2. The third-order valence-electron chi connectivity index (χ3n) is 4.76. The standard InChI is InChI=1S/C20H19NO5S/c22-20(21-17-7-4-8-18-16(17)10-12-25-18)19-14(9-11-26-19)13-27(23,24)15-5-2-1-3-6-15/h1-3,5-6,9-12,17H,4,7-8,13H2,(H,21,22). The molecule has 1 amide bonds. The molecular formula is C20H19NO5S. The molecule has 0 fully saturated rings. The van der Waals surface area contributed by atoms with Crippen LogP contribution in [0.4, 0.5) is 0 Å². The Balaban J connectivity index is 1.53. The average molecular weight is 385 g/mol. The zero-order chi connectivity index (χ0) is 18.9. The van der Waals surface area contributed by atoms with Crippen LogP contribution >= 0.6 is 0 Å². The molecule has 1 unspecified atom stereocenters. The number of benzene rings is 1. The number of rotatable bonds is 5. The number of sulfone groups is 1. The number of hydrogen-bond acceptors (Lipinski definition) is 5. The molecule has 4 rings (SSSR count). The molecule has 0 radical (unpaired) electrons. The summed E-state index contributed by atoms with van der Waals surface area (Å²) in [6.07, 6.45) is 5.54. The van der Waals surface area contributed by atoms with Crippen LogP contribution in [0.3, 0.4) is 0 Å². The number of amides is 1. The van der Waals surface area contributed by atoms with Crippen molar-refractivity contribution >= 4 is 15.7 Å². The van der Waals surface area contributed by atoms with Crippen LogP contribution in [-0.2, 0) is 22.0 Å². The van der Waals surface area contributed by atoms with Gasteiger partial charge in [-0.25, -0.2) is 8.42 Å². The Bertz CT molecular complexity index is 1050. The second kappa shape index (κ2) is 7.08. The quantitative estimate of drug-likeness (QED) is 0.724. The molecule has 2 heterocycles. The smallest absolute Gasteiger partial charge is 0.287 e. The van der Waals surface area contributed by atoms with E-state index in [9.17, 15) is 13.2 Å². The predicted octanol–water partition coefficient (Wildman–Crippen LogP) is 3.65. The fourth-order valence-corrected chi connectivity index (χ4v) is 4.80. The molecule has 3 aromatic rings. The van der Waals surface area contributed by atoms with Crippen LogP contribution in [0.25, 0.3) is 0 Å². The first-order valence-electron chi connectivity index (χ1n) is 8.76. The van der Waals surface area contributed by atoms with E-state index >= 15 is 0 Å². The molecule has 0 spiro atoms. The third kappa shape index (κ3) is 3.55. The zero-order valence-corrected chi connectivity index (χ0v) is 15.4. The van der Waals surface area contributed by atoms with Gasteiger partial charge in [0.25, 0.3) is 5.91 Å². The Morgan fingerprint density at radius 1 is 1.07 bits per heavy atom. The molecule has 1 aliphatic rings. The van der Waals surface area contributed by atoms with E-state index in [-0.39, 0.29) is 22.5 Å². The summed E-state index contributed by atoms with van der Waals surface area (Å²) in [7, 11) is -3.57. The molecule has 7 heteroatoms. The third-order valence-corrected chi connectivity index (χ3v) is 6.44. The van der Waals surface area contributed by atoms with Gasteiger partial charge < -0.3 is 14.2 Å². The van der Waals surface area contributed by atoms with Gasteiger partial charge in [-0.1, -0.05) is 18.2 Å². The van der Waals surface area contributed by atoms with Crippen molar-refractivity contribution in [2.24, 2.45) is 0 Å². The summed E-state index contributed by atoms with van der Waals surface area (Å²) in [5.74, 6) is 0.207. The van der Waals surface area contributed by atoms with Crippen LogP contribution in [0.15, 0.2) is 68.7 Å². The van der Waals surface area contributed by atoms with Crippen LogP contribution in [0, 0.1) is 0 Å². The van der Waals surface area contributed by atoms with Crippen molar-refractivity contribution in [2.75, 3.05) is 0 Å². The predicted molar refractivity (Wildman–Crippen MR) is 97.9 cm³/mol. The van der Waals surface area contributed by atoms with Crippen LogP contribution in [0.1, 0.15) is 46.3 Å². The lowest BCUT2D eigenvalue weighted by atomic mass is 9.93. The Hall–Kier alpha value is -2.80. The first-order valence-corrected chi connectivity index (χ1v) is 10.4. The maximum atomic E-state index is 12.7. The van der Waals surface area contributed by atoms with E-state index in [0.717, 1.165) is 30.6 Å². The maximum Gasteiger partial charge on any atom is 0.287 e. The molecule has 0 bridgehead atoms. The lowest BCUT2D eigenvalue weighted by molar-refractivity contribution is 0.0903. The number of fused-ring (bicyclic) bond motifs is 1. The van der Waals surface area contributed by atoms with Gasteiger partial charge in [0, 0.05) is 17.5 Å². The van der Waals surface area contributed by atoms with Crippen molar-refractivity contribution in [3.8, 4) is 0 Å². The summed E-state index contributed by atoms with van der Waals surface area (Å²) in [6, 6.07) is 11.4. The molecule has 1 atom stereocenters. The first kappa shape index (κ1) is 17.6. The van der Waals surface area contributed by atoms with Gasteiger partial charge in [0.15, 0.2) is 15.6 Å². The van der Waals surface area contributed by atoms with Gasteiger partial charge in [0.2, 0.25) is 0 Å². The summed E-state index contributed by atoms with van der Waals surface area (Å²) in [5, 5.41) is 2.94. The number of carbonyl (C=O) groups is 1. The van der Waals surface area contributed by atoms with Gasteiger partial charge in [-0.05, 0) is 37.1 Å². The van der Waals surface area contributed by atoms with Crippen molar-refractivity contribution in [1.82, 2.24) is 5.32 Å². The van der Waals surface area contributed by atoms with Crippen LogP contribution in [0.5, 0.6) is 0 Å². The lowest BCUT2D eigenvalue weighted by Gasteiger charge is -2.22. The minimum atomic E-state index is -3.57. The van der Waals surface area contributed by atoms with Crippen LogP contribution < -0.4 is 5.32 Å². The Kier molecular flexibility index (Phi) is 4.61. The summed E-state index contributed by atoms with van der Waals surface area (Å²) in [6.45, 7) is 0. The molecule has 27 heavy (non-hydrogen) atoms. The van der Waals surface area contributed by atoms with E-state index in [1.165, 1.54) is 24.5 Å². The van der Waals surface area contributed by atoms with Gasteiger partial charge in [-0.2, -0.15) is 0 Å². The van der Waals surface area contributed by atoms with Crippen molar-refractivity contribution in [3.05, 3.63) is 77.6 Å². The number of aryl methyl sites for hydroxylation is 1. The van der Waals surface area contributed by atoms with Crippen LogP contribution in [0.2, 0.25) is 0 Å². The second-order valence-corrected chi connectivity index (χ2v) is 8.55. The summed E-state index contributed by atoms with van der Waals surface area (Å²) in [4.78, 5) is 12.9. The lowest BCUT2D eigenvalue weighted by Crippen LogP contribution is -2.31. The fourth-order valence-electron chi connectivity index (χ4n) is 3.42. The topological polar surface area (TPSA) is 89.5 Å². The highest BCUT2D eigenvalue weighted by atomic mass is 32.2. The highest BCUT2D eigenvalue weighted by molar-refractivity contribution is 7.90. The second-order valence-electron chi connectivity index (χ2n) is 6.56. The number of nitrogens with one attached hydrogen (secondary N) is 1. The molecule has 1 aromatic carbocycles. The molecule has 2 aromatic heterocycles. The van der Waals surface area contributed by atoms with Crippen molar-refractivity contribution < 1.29 is 22.0 Å². The average Bonchev–Trinajstić information content (AvgIpc) is 3.32. The number of carbonyl (C=O) groups excluding carboxylic acids is 1. The monoisotopic (exact) mass is 385 g/mol. The van der Waals surface area contributed by atoms with E-state index in [2.05, 4.69) is 5.32 Å². The Morgan fingerprint density at radius 2 is 1.85 bits per heavy atom. The molecule has 1 N–H and O–H groups in total. The fraction of sp³-hybridized carbons (Fsp3) is 0.250. The van der Waals surface area contributed by atoms with E-state index in [1.807, 2.05) is 6.07 Å². The molecule has 140 valence electrons. The van der Waals surface area contributed by atoms with E-state index in [0.29, 0.717) is 5.56 Å². The van der Waals surface area contributed by atoms with Crippen LogP contribution in [-0.4, -0.2) is 14.3 Å². The summed E-state index contributed by atoms with van der Waals surface area (Å²) >= 11 is 0. The molecule has 0 aliphatic heterocycles. The first-order chi connectivity index (χ1) is 13.0. The van der Waals surface area contributed by atoms with Gasteiger partial charge >= 0.3 is 0 Å². The summed E-state index contributed by atoms with van der Waals surface area (Å²) in [5.41, 5.74) is 1.32. The zero-order valence-electron chi connectivity index (χ0n) is 14.6. The van der Waals surface area contributed by atoms with Gasteiger partial charge in [-0.15, -0.1) is 0 Å². The minimum Gasteiger partial charge on any atom is -0.469 e. The Labute approximate surface area is 157 Å². The van der Waals surface area contributed by atoms with Gasteiger partial charge in [-0.3, -0.25) is 4.79 Å². The SMILES string of the molecule is O=C(NC1CCCc2occc21)c1occc1CS(=O)(=O)c1ccccc1. The maximum absolute atomic E-state index is 12.7. The van der Waals surface area contributed by atoms with Gasteiger partial charge in [0.05, 0.1) is 29.2 Å². The minimum absolute atomic E-state index is 0.0325. The van der Waals surface area contributed by atoms with Crippen molar-refractivity contribution in [3.63, 3.8) is 0 Å². The highest BCUT2D eigenvalue weighted by Crippen LogP contribution is 2.31. The molecule has 6 nitrogen and oxygen atoms in total. The summed E-state index contributed by atoms with van der Waals surface area (Å²) < 4.78 is 36.0. The number of hydrogen-bond donors (Lipinski definition) is 1. The van der Waals surface area contributed by atoms with E-state index < -0.39 is 15.7 Å². The molecular weight excluding hydrogens is 366 g/mol. The van der Waals surface area contributed by atoms with Crippen molar-refractivity contribution in [1.29, 1.82) is 0 Å². The van der Waals surface area contributed by atoms with E-state index in [1.54, 1.807) is 24.5 Å². The Morgan fingerprint density at radius 3 is 2.67 bits per heavy atom. The largest absolute Gasteiger partial charge is 0.469 e. The molecule has 0 saturated carbocycles. The molecule has 0 saturated heterocycles. The van der Waals surface area contributed by atoms with E-state index in [4.69, 9.17) is 8.83 Å². The van der Waals surface area contributed by atoms with Crippen molar-refractivity contribution in [2.45, 2.75) is 36.0 Å². The highest BCUT2D eigenvalue weighted by Gasteiger charge is 2.27. The normalized spacial score (nSPS) is 16.7. The molecule has 1 aliphatic carbocycles. The van der Waals surface area contributed by atoms with Gasteiger partial charge in [0.1, 0.15) is 5.76 Å².